The van der Waals surface area contributed by atoms with Gasteiger partial charge in [-0.25, -0.2) is 15.0 Å². The van der Waals surface area contributed by atoms with Crippen LogP contribution in [0, 0.1) is 0 Å². The van der Waals surface area contributed by atoms with E-state index in [1.165, 1.54) is 6.21 Å². The Morgan fingerprint density at radius 2 is 2.05 bits per heavy atom. The second-order valence-electron chi connectivity index (χ2n) is 5.15. The number of amides is 3. The molecule has 0 spiro atoms. The molecule has 0 aromatic heterocycles. The Morgan fingerprint density at radius 1 is 1.42 bits per heavy atom. The van der Waals surface area contributed by atoms with E-state index in [0.29, 0.717) is 6.42 Å². The molecule has 0 fully saturated rings. The number of primary amides is 1. The van der Waals surface area contributed by atoms with Crippen LogP contribution in [0.5, 0.6) is 0 Å². The molecule has 0 bridgehead atoms. The van der Waals surface area contributed by atoms with Gasteiger partial charge in [0.2, 0.25) is 0 Å². The first-order valence-corrected chi connectivity index (χ1v) is 6.32. The van der Waals surface area contributed by atoms with Gasteiger partial charge in [0.05, 0.1) is 6.04 Å². The number of unbranched alkanes of at least 4 members (excludes halogenated alkanes) is 1. The molecule has 0 saturated heterocycles. The van der Waals surface area contributed by atoms with E-state index in [9.17, 15) is 9.59 Å². The zero-order valence-corrected chi connectivity index (χ0v) is 12.0. The van der Waals surface area contributed by atoms with Crippen LogP contribution >= 0.6 is 0 Å². The van der Waals surface area contributed by atoms with Crippen molar-refractivity contribution in [1.82, 2.24) is 10.7 Å². The molecular formula is C12H24N4O3. The summed E-state index contributed by atoms with van der Waals surface area (Å²) in [6, 6.07) is -1.05. The van der Waals surface area contributed by atoms with Crippen LogP contribution in [0.3, 0.4) is 0 Å². The Bertz CT molecular complexity index is 323. The lowest BCUT2D eigenvalue weighted by atomic mass is 10.1. The van der Waals surface area contributed by atoms with Crippen LogP contribution in [0.1, 0.15) is 47.0 Å². The lowest BCUT2D eigenvalue weighted by Crippen LogP contribution is -2.40. The Kier molecular flexibility index (Phi) is 7.55. The van der Waals surface area contributed by atoms with Crippen molar-refractivity contribution in [3.8, 4) is 0 Å². The highest BCUT2D eigenvalue weighted by atomic mass is 16.6. The molecule has 0 radical (unpaired) electrons. The molecule has 110 valence electrons. The summed E-state index contributed by atoms with van der Waals surface area (Å²) in [4.78, 5) is 22.1. The minimum atomic E-state index is -0.747. The quantitative estimate of drug-likeness (QED) is 0.506. The lowest BCUT2D eigenvalue weighted by Gasteiger charge is -2.22. The first-order chi connectivity index (χ1) is 8.74. The molecule has 0 heterocycles. The van der Waals surface area contributed by atoms with Gasteiger partial charge in [0.1, 0.15) is 5.60 Å². The van der Waals surface area contributed by atoms with Crippen LogP contribution in [0.4, 0.5) is 9.59 Å². The van der Waals surface area contributed by atoms with Crippen molar-refractivity contribution in [1.29, 1.82) is 0 Å². The number of hydrogen-bond acceptors (Lipinski definition) is 4. The monoisotopic (exact) mass is 272 g/mol. The number of carbonyl (C=O) groups excluding carboxylic acids is 2. The van der Waals surface area contributed by atoms with E-state index >= 15 is 0 Å². The summed E-state index contributed by atoms with van der Waals surface area (Å²) in [5.41, 5.74) is 6.42. The number of hydrogen-bond donors (Lipinski definition) is 3. The predicted molar refractivity (Wildman–Crippen MR) is 73.9 cm³/mol. The molecule has 0 aliphatic carbocycles. The van der Waals surface area contributed by atoms with Gasteiger partial charge in [0.25, 0.3) is 0 Å². The summed E-state index contributed by atoms with van der Waals surface area (Å²) < 4.78 is 5.15. The summed E-state index contributed by atoms with van der Waals surface area (Å²) in [5.74, 6) is 0. The van der Waals surface area contributed by atoms with Gasteiger partial charge >= 0.3 is 12.1 Å². The lowest BCUT2D eigenvalue weighted by molar-refractivity contribution is 0.0517. The standard InChI is InChI=1S/C12H24N4O3/c1-5-6-7-9(8-14-16-10(13)17)15-11(18)19-12(2,3)4/h8-9H,5-7H2,1-4H3,(H,15,18)(H3,13,16,17)/b14-8+/t9-/m0/s1. The van der Waals surface area contributed by atoms with Crippen LogP contribution in [0.2, 0.25) is 0 Å². The number of carbonyl (C=O) groups is 2. The topological polar surface area (TPSA) is 106 Å². The van der Waals surface area contributed by atoms with Gasteiger partial charge < -0.3 is 15.8 Å². The second-order valence-corrected chi connectivity index (χ2v) is 5.15. The summed E-state index contributed by atoms with van der Waals surface area (Å²) in [5, 5.41) is 6.33. The van der Waals surface area contributed by atoms with Crippen molar-refractivity contribution >= 4 is 18.3 Å². The van der Waals surface area contributed by atoms with E-state index in [2.05, 4.69) is 15.8 Å². The van der Waals surface area contributed by atoms with Gasteiger partial charge in [-0.1, -0.05) is 19.8 Å². The van der Waals surface area contributed by atoms with Gasteiger partial charge in [-0.05, 0) is 27.2 Å². The smallest absolute Gasteiger partial charge is 0.408 e. The first kappa shape index (κ1) is 17.2. The molecule has 0 unspecified atom stereocenters. The van der Waals surface area contributed by atoms with Crippen molar-refractivity contribution < 1.29 is 14.3 Å². The molecule has 7 heteroatoms. The van der Waals surface area contributed by atoms with Gasteiger partial charge in [-0.3, -0.25) is 0 Å². The van der Waals surface area contributed by atoms with Gasteiger partial charge in [-0.2, -0.15) is 5.10 Å². The zero-order chi connectivity index (χ0) is 14.9. The highest BCUT2D eigenvalue weighted by Gasteiger charge is 2.18. The normalized spacial score (nSPS) is 13.1. The molecule has 0 aromatic carbocycles. The second kappa shape index (κ2) is 8.34. The van der Waals surface area contributed by atoms with Crippen molar-refractivity contribution in [2.75, 3.05) is 0 Å². The molecule has 0 aliphatic heterocycles. The first-order valence-electron chi connectivity index (χ1n) is 6.32. The minimum Gasteiger partial charge on any atom is -0.444 e. The molecule has 7 nitrogen and oxygen atoms in total. The molecule has 3 amide bonds. The number of urea groups is 1. The predicted octanol–water partition coefficient (Wildman–Crippen LogP) is 1.72. The summed E-state index contributed by atoms with van der Waals surface area (Å²) >= 11 is 0. The third-order valence-corrected chi connectivity index (χ3v) is 2.00. The number of nitrogens with zero attached hydrogens (tertiary/aromatic N) is 1. The molecule has 0 saturated carbocycles. The molecule has 0 rings (SSSR count). The van der Waals surface area contributed by atoms with Crippen LogP contribution in [0.25, 0.3) is 0 Å². The molecular weight excluding hydrogens is 248 g/mol. The van der Waals surface area contributed by atoms with Gasteiger partial charge in [-0.15, -0.1) is 0 Å². The largest absolute Gasteiger partial charge is 0.444 e. The fourth-order valence-corrected chi connectivity index (χ4v) is 1.26. The maximum Gasteiger partial charge on any atom is 0.408 e. The number of nitrogens with one attached hydrogen (secondary N) is 2. The van der Waals surface area contributed by atoms with E-state index in [1.54, 1.807) is 20.8 Å². The summed E-state index contributed by atoms with van der Waals surface area (Å²) in [6.45, 7) is 7.41. The third kappa shape index (κ3) is 11.1. The third-order valence-electron chi connectivity index (χ3n) is 2.00. The average Bonchev–Trinajstić information content (AvgIpc) is 2.22. The zero-order valence-electron chi connectivity index (χ0n) is 12.0. The fraction of sp³-hybridized carbons (Fsp3) is 0.750. The Balaban J connectivity index is 4.37. The van der Waals surface area contributed by atoms with E-state index in [0.717, 1.165) is 12.8 Å². The number of hydrazone groups is 1. The summed E-state index contributed by atoms with van der Waals surface area (Å²) in [7, 11) is 0. The Morgan fingerprint density at radius 3 is 2.53 bits per heavy atom. The van der Waals surface area contributed by atoms with Crippen molar-refractivity contribution in [3.63, 3.8) is 0 Å². The van der Waals surface area contributed by atoms with E-state index in [-0.39, 0.29) is 6.04 Å². The maximum atomic E-state index is 11.6. The summed E-state index contributed by atoms with van der Waals surface area (Å²) in [6.07, 6.45) is 3.54. The van der Waals surface area contributed by atoms with Crippen LogP contribution in [-0.4, -0.2) is 30.0 Å². The average molecular weight is 272 g/mol. The maximum absolute atomic E-state index is 11.6. The number of nitrogens with two attached hydrogens (primary N) is 1. The van der Waals surface area contributed by atoms with Gasteiger partial charge in [0, 0.05) is 6.21 Å². The van der Waals surface area contributed by atoms with E-state index in [1.807, 2.05) is 6.92 Å². The highest BCUT2D eigenvalue weighted by Crippen LogP contribution is 2.07. The van der Waals surface area contributed by atoms with Gasteiger partial charge in [0.15, 0.2) is 0 Å². The molecule has 0 aliphatic rings. The molecule has 1 atom stereocenters. The fourth-order valence-electron chi connectivity index (χ4n) is 1.26. The molecule has 4 N–H and O–H groups in total. The SMILES string of the molecule is CCCC[C@@H](/C=N/NC(N)=O)NC(=O)OC(C)(C)C. The Labute approximate surface area is 113 Å². The van der Waals surface area contributed by atoms with E-state index in [4.69, 9.17) is 10.5 Å². The number of rotatable bonds is 6. The highest BCUT2D eigenvalue weighted by molar-refractivity contribution is 5.77. The number of alkyl carbamates (subject to hydrolysis) is 1. The van der Waals surface area contributed by atoms with Crippen LogP contribution in [-0.2, 0) is 4.74 Å². The minimum absolute atomic E-state index is 0.304. The Hall–Kier alpha value is -1.79. The molecule has 0 aromatic rings. The van der Waals surface area contributed by atoms with Crippen LogP contribution in [0.15, 0.2) is 5.10 Å². The van der Waals surface area contributed by atoms with Crippen molar-refractivity contribution in [3.05, 3.63) is 0 Å². The van der Waals surface area contributed by atoms with Crippen molar-refractivity contribution in [2.24, 2.45) is 10.8 Å². The van der Waals surface area contributed by atoms with Crippen LogP contribution < -0.4 is 16.5 Å². The van der Waals surface area contributed by atoms with E-state index < -0.39 is 17.7 Å². The van der Waals surface area contributed by atoms with Crippen molar-refractivity contribution in [2.45, 2.75) is 58.6 Å². The molecule has 19 heavy (non-hydrogen) atoms. The number of ether oxygens (including phenoxy) is 1.